The lowest BCUT2D eigenvalue weighted by Gasteiger charge is -2.31. The van der Waals surface area contributed by atoms with Gasteiger partial charge in [0.15, 0.2) is 6.61 Å². The highest BCUT2D eigenvalue weighted by Crippen LogP contribution is 2.29. The van der Waals surface area contributed by atoms with Crippen molar-refractivity contribution in [3.05, 3.63) is 23.8 Å². The van der Waals surface area contributed by atoms with E-state index in [2.05, 4.69) is 10.6 Å². The predicted octanol–water partition coefficient (Wildman–Crippen LogP) is 2.73. The summed E-state index contributed by atoms with van der Waals surface area (Å²) in [6.45, 7) is 3.72. The Kier molecular flexibility index (Phi) is 4.95. The molecule has 0 aromatic heterocycles. The van der Waals surface area contributed by atoms with Gasteiger partial charge in [-0.05, 0) is 43.6 Å². The van der Waals surface area contributed by atoms with Gasteiger partial charge in [0, 0.05) is 5.92 Å². The maximum absolute atomic E-state index is 12.3. The number of halogens is 3. The minimum absolute atomic E-state index is 0.0320. The second-order valence-electron chi connectivity index (χ2n) is 5.60. The van der Waals surface area contributed by atoms with Crippen molar-refractivity contribution in [3.8, 4) is 5.75 Å². The first-order valence-electron chi connectivity index (χ1n) is 7.08. The fraction of sp³-hybridized carbons (Fsp3) is 0.533. The molecule has 1 fully saturated rings. The van der Waals surface area contributed by atoms with E-state index in [-0.39, 0.29) is 29.2 Å². The summed E-state index contributed by atoms with van der Waals surface area (Å²) < 4.78 is 41.7. The zero-order valence-electron chi connectivity index (χ0n) is 12.5. The molecule has 1 amide bonds. The van der Waals surface area contributed by atoms with E-state index >= 15 is 0 Å². The summed E-state index contributed by atoms with van der Waals surface area (Å²) in [5.41, 5.74) is 1.02. The van der Waals surface area contributed by atoms with Gasteiger partial charge in [0.05, 0.1) is 5.69 Å². The highest BCUT2D eigenvalue weighted by molar-refractivity contribution is 5.94. The number of nitrogens with one attached hydrogen (secondary N) is 2. The molecule has 0 bridgehead atoms. The van der Waals surface area contributed by atoms with E-state index in [0.29, 0.717) is 0 Å². The van der Waals surface area contributed by atoms with Crippen molar-refractivity contribution < 1.29 is 22.7 Å². The molecule has 7 heteroatoms. The van der Waals surface area contributed by atoms with Crippen LogP contribution in [0, 0.1) is 18.8 Å². The maximum atomic E-state index is 12.3. The quantitative estimate of drug-likeness (QED) is 0.878. The van der Waals surface area contributed by atoms with Crippen LogP contribution in [0.4, 0.5) is 18.9 Å². The molecule has 0 saturated carbocycles. The number of amides is 1. The van der Waals surface area contributed by atoms with Gasteiger partial charge in [-0.2, -0.15) is 13.2 Å². The highest BCUT2D eigenvalue weighted by atomic mass is 19.4. The van der Waals surface area contributed by atoms with E-state index in [9.17, 15) is 18.0 Å². The van der Waals surface area contributed by atoms with E-state index < -0.39 is 12.8 Å². The molecule has 22 heavy (non-hydrogen) atoms. The van der Waals surface area contributed by atoms with Gasteiger partial charge in [0.1, 0.15) is 5.75 Å². The van der Waals surface area contributed by atoms with Gasteiger partial charge >= 0.3 is 6.18 Å². The Bertz CT molecular complexity index is 542. The standard InChI is InChI=1S/C15H19F3N2O2/c1-9-3-4-12(13(5-9)22-8-15(16,17)18)20-14(21)10(2)11-6-19-7-11/h3-5,10-11,19H,6-8H2,1-2H3,(H,20,21). The summed E-state index contributed by atoms with van der Waals surface area (Å²) in [7, 11) is 0. The average molecular weight is 316 g/mol. The van der Waals surface area contributed by atoms with Gasteiger partial charge in [0.2, 0.25) is 5.91 Å². The van der Waals surface area contributed by atoms with Gasteiger partial charge in [-0.15, -0.1) is 0 Å². The minimum atomic E-state index is -4.42. The molecular weight excluding hydrogens is 297 g/mol. The number of hydrogen-bond donors (Lipinski definition) is 2. The van der Waals surface area contributed by atoms with Crippen molar-refractivity contribution in [3.63, 3.8) is 0 Å². The number of alkyl halides is 3. The lowest BCUT2D eigenvalue weighted by molar-refractivity contribution is -0.153. The third-order valence-electron chi connectivity index (χ3n) is 3.72. The largest absolute Gasteiger partial charge is 0.482 e. The van der Waals surface area contributed by atoms with Crippen LogP contribution in [-0.2, 0) is 4.79 Å². The number of benzene rings is 1. The van der Waals surface area contributed by atoms with Crippen LogP contribution < -0.4 is 15.4 Å². The molecule has 0 spiro atoms. The van der Waals surface area contributed by atoms with Gasteiger partial charge < -0.3 is 15.4 Å². The Hall–Kier alpha value is -1.76. The molecule has 0 aliphatic carbocycles. The SMILES string of the molecule is Cc1ccc(NC(=O)C(C)C2CNC2)c(OCC(F)(F)F)c1. The first-order chi connectivity index (χ1) is 10.3. The van der Waals surface area contributed by atoms with E-state index in [1.807, 2.05) is 6.92 Å². The molecule has 1 atom stereocenters. The summed E-state index contributed by atoms with van der Waals surface area (Å²) >= 11 is 0. The number of carbonyl (C=O) groups is 1. The van der Waals surface area contributed by atoms with Crippen molar-refractivity contribution in [1.82, 2.24) is 5.32 Å². The van der Waals surface area contributed by atoms with Crippen molar-refractivity contribution in [1.29, 1.82) is 0 Å². The Morgan fingerprint density at radius 1 is 1.45 bits per heavy atom. The topological polar surface area (TPSA) is 50.4 Å². The number of ether oxygens (including phenoxy) is 1. The van der Waals surface area contributed by atoms with Crippen LogP contribution in [0.15, 0.2) is 18.2 Å². The predicted molar refractivity (Wildman–Crippen MR) is 76.9 cm³/mol. The van der Waals surface area contributed by atoms with Gasteiger partial charge in [-0.3, -0.25) is 4.79 Å². The summed E-state index contributed by atoms with van der Waals surface area (Å²) in [6.07, 6.45) is -4.42. The van der Waals surface area contributed by atoms with Crippen molar-refractivity contribution in [2.75, 3.05) is 25.0 Å². The van der Waals surface area contributed by atoms with E-state index in [1.165, 1.54) is 6.07 Å². The molecule has 1 aliphatic heterocycles. The summed E-state index contributed by atoms with van der Waals surface area (Å²) in [4.78, 5) is 12.2. The fourth-order valence-electron chi connectivity index (χ4n) is 2.14. The molecule has 2 rings (SSSR count). The van der Waals surface area contributed by atoms with Crippen molar-refractivity contribution >= 4 is 11.6 Å². The molecule has 2 N–H and O–H groups in total. The van der Waals surface area contributed by atoms with Crippen molar-refractivity contribution in [2.24, 2.45) is 11.8 Å². The summed E-state index contributed by atoms with van der Waals surface area (Å²) in [5, 5.41) is 5.75. The van der Waals surface area contributed by atoms with Crippen LogP contribution in [0.1, 0.15) is 12.5 Å². The normalized spacial score (nSPS) is 16.8. The number of hydrogen-bond acceptors (Lipinski definition) is 3. The van der Waals surface area contributed by atoms with Gasteiger partial charge in [0.25, 0.3) is 0 Å². The van der Waals surface area contributed by atoms with Crippen LogP contribution in [0.25, 0.3) is 0 Å². The zero-order chi connectivity index (χ0) is 16.3. The van der Waals surface area contributed by atoms with Crippen molar-refractivity contribution in [2.45, 2.75) is 20.0 Å². The molecule has 1 heterocycles. The van der Waals surface area contributed by atoms with E-state index in [1.54, 1.807) is 19.1 Å². The first-order valence-corrected chi connectivity index (χ1v) is 7.08. The lowest BCUT2D eigenvalue weighted by atomic mass is 9.88. The molecule has 4 nitrogen and oxygen atoms in total. The monoisotopic (exact) mass is 316 g/mol. The molecule has 0 radical (unpaired) electrons. The minimum Gasteiger partial charge on any atom is -0.482 e. The first kappa shape index (κ1) is 16.6. The van der Waals surface area contributed by atoms with Crippen LogP contribution in [0.2, 0.25) is 0 Å². The second-order valence-corrected chi connectivity index (χ2v) is 5.60. The summed E-state index contributed by atoms with van der Waals surface area (Å²) in [6, 6.07) is 4.76. The molecule has 1 unspecified atom stereocenters. The molecule has 1 aromatic rings. The number of rotatable bonds is 5. The fourth-order valence-corrected chi connectivity index (χ4v) is 2.14. The zero-order valence-corrected chi connectivity index (χ0v) is 12.5. The molecule has 1 saturated heterocycles. The lowest BCUT2D eigenvalue weighted by Crippen LogP contribution is -2.48. The Morgan fingerprint density at radius 2 is 2.14 bits per heavy atom. The molecule has 1 aliphatic rings. The molecular formula is C15H19F3N2O2. The summed E-state index contributed by atoms with van der Waals surface area (Å²) in [5.74, 6) is -0.139. The van der Waals surface area contributed by atoms with Crippen LogP contribution in [0.5, 0.6) is 5.75 Å². The smallest absolute Gasteiger partial charge is 0.422 e. The van der Waals surface area contributed by atoms with Crippen LogP contribution in [-0.4, -0.2) is 31.8 Å². The average Bonchev–Trinajstić information content (AvgIpc) is 2.36. The van der Waals surface area contributed by atoms with Gasteiger partial charge in [-0.25, -0.2) is 0 Å². The maximum Gasteiger partial charge on any atom is 0.422 e. The second kappa shape index (κ2) is 6.56. The van der Waals surface area contributed by atoms with E-state index in [0.717, 1.165) is 18.7 Å². The third-order valence-corrected chi connectivity index (χ3v) is 3.72. The highest BCUT2D eigenvalue weighted by Gasteiger charge is 2.30. The van der Waals surface area contributed by atoms with E-state index in [4.69, 9.17) is 4.74 Å². The Morgan fingerprint density at radius 3 is 2.68 bits per heavy atom. The third kappa shape index (κ3) is 4.37. The molecule has 1 aromatic carbocycles. The number of anilines is 1. The Labute approximate surface area is 127 Å². The molecule has 122 valence electrons. The van der Waals surface area contributed by atoms with Crippen LogP contribution >= 0.6 is 0 Å². The van der Waals surface area contributed by atoms with Gasteiger partial charge in [-0.1, -0.05) is 13.0 Å². The number of carbonyl (C=O) groups excluding carboxylic acids is 1. The number of aryl methyl sites for hydroxylation is 1. The Balaban J connectivity index is 2.07. The van der Waals surface area contributed by atoms with Crippen LogP contribution in [0.3, 0.4) is 0 Å².